The molecule has 0 bridgehead atoms. The molecule has 0 aliphatic rings. The number of hydrogen-bond acceptors (Lipinski definition) is 0. The fourth-order valence-corrected chi connectivity index (χ4v) is 27.5. The molecule has 0 saturated heterocycles. The van der Waals surface area contributed by atoms with E-state index in [2.05, 4.69) is 27.7 Å². The van der Waals surface area contributed by atoms with Crippen LogP contribution in [0.15, 0.2) is 0 Å². The van der Waals surface area contributed by atoms with Gasteiger partial charge >= 0.3 is 146 Å². The first kappa shape index (κ1) is 21.6. The Balaban J connectivity index is 4.05. The molecule has 0 atom stereocenters. The van der Waals surface area contributed by atoms with Crippen molar-refractivity contribution >= 4 is 40.4 Å². The van der Waals surface area contributed by atoms with Gasteiger partial charge in [-0.2, -0.15) is 0 Å². The third kappa shape index (κ3) is 13.3. The van der Waals surface area contributed by atoms with E-state index in [0.717, 1.165) is 0 Å². The first-order valence-corrected chi connectivity index (χ1v) is 20.1. The molecule has 0 heterocycles. The monoisotopic (exact) mass is 498 g/mol. The molecule has 0 amide bonds. The number of hydrogen-bond donors (Lipinski definition) is 0. The summed E-state index contributed by atoms with van der Waals surface area (Å²) < 4.78 is 10.4. The Morgan fingerprint density at radius 1 is 0.400 bits per heavy atom. The summed E-state index contributed by atoms with van der Waals surface area (Å²) in [4.78, 5) is 0. The first-order valence-electron chi connectivity index (χ1n) is 9.23. The molecule has 0 unspecified atom stereocenters. The molecule has 0 aromatic carbocycles. The minimum atomic E-state index is -0.802. The fourth-order valence-electron chi connectivity index (χ4n) is 2.48. The van der Waals surface area contributed by atoms with E-state index in [0.29, 0.717) is 0 Å². The maximum atomic E-state index is 2.38. The van der Waals surface area contributed by atoms with Crippen molar-refractivity contribution in [1.29, 1.82) is 0 Å². The molecule has 0 aliphatic carbocycles. The van der Waals surface area contributed by atoms with Crippen LogP contribution >= 0.6 is 0 Å². The SMILES string of the molecule is CCC[CH2][Sb]([CH2]CCC)[CH2][CH2][Sb]([CH2]CCC)[CH2]CCC. The van der Waals surface area contributed by atoms with Gasteiger partial charge < -0.3 is 0 Å². The van der Waals surface area contributed by atoms with Crippen LogP contribution in [0.25, 0.3) is 0 Å². The second-order valence-electron chi connectivity index (χ2n) is 6.10. The molecule has 2 heteroatoms. The van der Waals surface area contributed by atoms with E-state index >= 15 is 0 Å². The Morgan fingerprint density at radius 2 is 0.650 bits per heavy atom. The molecular formula is C18H40Sb2. The van der Waals surface area contributed by atoms with Gasteiger partial charge in [0.1, 0.15) is 0 Å². The molecule has 0 aromatic heterocycles. The molecule has 0 aliphatic heterocycles. The summed E-state index contributed by atoms with van der Waals surface area (Å²) in [5.74, 6) is 0. The Hall–Kier alpha value is 1.64. The minimum absolute atomic E-state index is 0.802. The normalized spacial score (nSPS) is 11.7. The van der Waals surface area contributed by atoms with E-state index in [1.807, 2.05) is 0 Å². The standard InChI is InChI=1S/4C4H9.C2H4.2Sb/c4*1-3-4-2;1-2;;/h4*1,3-4H2,2H3;1-2H2;;. The van der Waals surface area contributed by atoms with Crippen LogP contribution in [0.5, 0.6) is 0 Å². The van der Waals surface area contributed by atoms with Crippen LogP contribution in [-0.4, -0.2) is 40.4 Å². The maximum absolute atomic E-state index is 2.38. The van der Waals surface area contributed by atoms with Gasteiger partial charge in [0.15, 0.2) is 0 Å². The molecule has 0 N–H and O–H groups in total. The summed E-state index contributed by atoms with van der Waals surface area (Å²) in [5.41, 5.74) is 0. The molecule has 0 aromatic rings. The van der Waals surface area contributed by atoms with Gasteiger partial charge in [-0.1, -0.05) is 0 Å². The van der Waals surface area contributed by atoms with Crippen LogP contribution in [0.4, 0.5) is 0 Å². The molecular weight excluding hydrogens is 460 g/mol. The van der Waals surface area contributed by atoms with Crippen LogP contribution in [-0.2, 0) is 0 Å². The van der Waals surface area contributed by atoms with Gasteiger partial charge in [0, 0.05) is 0 Å². The summed E-state index contributed by atoms with van der Waals surface area (Å²) in [6.45, 7) is 9.51. The van der Waals surface area contributed by atoms with Crippen LogP contribution in [0.2, 0.25) is 26.2 Å². The molecule has 0 nitrogen and oxygen atoms in total. The van der Waals surface area contributed by atoms with Crippen molar-refractivity contribution in [3.63, 3.8) is 0 Å². The van der Waals surface area contributed by atoms with Gasteiger partial charge in [-0.15, -0.1) is 0 Å². The summed E-state index contributed by atoms with van der Waals surface area (Å²) in [6, 6.07) is 0. The Bertz CT molecular complexity index is 146. The van der Waals surface area contributed by atoms with Crippen molar-refractivity contribution in [1.82, 2.24) is 0 Å². The summed E-state index contributed by atoms with van der Waals surface area (Å²) in [5, 5.41) is 0. The van der Waals surface area contributed by atoms with Crippen molar-refractivity contribution in [2.45, 2.75) is 105 Å². The van der Waals surface area contributed by atoms with Crippen molar-refractivity contribution in [3.8, 4) is 0 Å². The summed E-state index contributed by atoms with van der Waals surface area (Å²) >= 11 is -1.60. The van der Waals surface area contributed by atoms with Crippen LogP contribution in [0.3, 0.4) is 0 Å². The van der Waals surface area contributed by atoms with E-state index in [4.69, 9.17) is 0 Å². The quantitative estimate of drug-likeness (QED) is 0.209. The second kappa shape index (κ2) is 17.0. The third-order valence-electron chi connectivity index (χ3n) is 4.04. The number of unbranched alkanes of at least 4 members (excludes halogenated alkanes) is 4. The molecule has 0 radical (unpaired) electrons. The Kier molecular flexibility index (Phi) is 18.4. The summed E-state index contributed by atoms with van der Waals surface area (Å²) in [6.07, 6.45) is 11.9. The van der Waals surface area contributed by atoms with Gasteiger partial charge in [0.05, 0.1) is 0 Å². The van der Waals surface area contributed by atoms with Gasteiger partial charge in [-0.05, 0) is 0 Å². The van der Waals surface area contributed by atoms with Crippen LogP contribution in [0, 0.1) is 0 Å². The van der Waals surface area contributed by atoms with E-state index in [1.165, 1.54) is 25.7 Å². The van der Waals surface area contributed by atoms with E-state index in [9.17, 15) is 0 Å². The third-order valence-corrected chi connectivity index (χ3v) is 22.9. The van der Waals surface area contributed by atoms with E-state index in [-0.39, 0.29) is 0 Å². The average Bonchev–Trinajstić information content (AvgIpc) is 2.48. The van der Waals surface area contributed by atoms with E-state index < -0.39 is 40.4 Å². The van der Waals surface area contributed by atoms with Gasteiger partial charge in [-0.3, -0.25) is 0 Å². The van der Waals surface area contributed by atoms with Gasteiger partial charge in [-0.25, -0.2) is 0 Å². The summed E-state index contributed by atoms with van der Waals surface area (Å²) in [7, 11) is 0. The molecule has 0 rings (SSSR count). The average molecular weight is 500 g/mol. The number of rotatable bonds is 15. The Labute approximate surface area is 144 Å². The van der Waals surface area contributed by atoms with Crippen molar-refractivity contribution in [2.75, 3.05) is 0 Å². The van der Waals surface area contributed by atoms with Gasteiger partial charge in [0.2, 0.25) is 0 Å². The predicted octanol–water partition coefficient (Wildman–Crippen LogP) is 7.18. The van der Waals surface area contributed by atoms with Crippen molar-refractivity contribution in [3.05, 3.63) is 0 Å². The van der Waals surface area contributed by atoms with Crippen molar-refractivity contribution < 1.29 is 0 Å². The Morgan fingerprint density at radius 3 is 0.850 bits per heavy atom. The van der Waals surface area contributed by atoms with Crippen LogP contribution < -0.4 is 0 Å². The van der Waals surface area contributed by atoms with Gasteiger partial charge in [0.25, 0.3) is 0 Å². The zero-order valence-electron chi connectivity index (χ0n) is 14.8. The molecule has 0 fully saturated rings. The first-order chi connectivity index (χ1) is 9.78. The molecule has 0 saturated carbocycles. The van der Waals surface area contributed by atoms with E-state index in [1.54, 1.807) is 51.9 Å². The molecule has 122 valence electrons. The van der Waals surface area contributed by atoms with Crippen LogP contribution in [0.1, 0.15) is 79.1 Å². The zero-order chi connectivity index (χ0) is 15.1. The second-order valence-corrected chi connectivity index (χ2v) is 21.4. The zero-order valence-corrected chi connectivity index (χ0v) is 19.9. The topological polar surface area (TPSA) is 0 Å². The molecule has 0 spiro atoms. The van der Waals surface area contributed by atoms with Crippen molar-refractivity contribution in [2.24, 2.45) is 0 Å². The fraction of sp³-hybridized carbons (Fsp3) is 1.00. The molecule has 20 heavy (non-hydrogen) atoms. The predicted molar refractivity (Wildman–Crippen MR) is 100.0 cm³/mol.